The number of methoxy groups -OCH3 is 2. The molecule has 2 atom stereocenters. The molecule has 2 N–H and O–H groups in total. The number of sulfonamides is 1. The maximum Gasteiger partial charge on any atom is 0.244 e. The van der Waals surface area contributed by atoms with Gasteiger partial charge >= 0.3 is 0 Å². The number of benzene rings is 1. The molecule has 1 aromatic carbocycles. The Morgan fingerprint density at radius 2 is 1.91 bits per heavy atom. The fraction of sp³-hybridized carbons (Fsp3) is 0.500. The van der Waals surface area contributed by atoms with E-state index in [0.29, 0.717) is 5.75 Å². The van der Waals surface area contributed by atoms with Gasteiger partial charge < -0.3 is 14.6 Å². The van der Waals surface area contributed by atoms with Crippen LogP contribution in [0.4, 0.5) is 0 Å². The summed E-state index contributed by atoms with van der Waals surface area (Å²) in [5.74, 6) is -0.423. The quantitative estimate of drug-likeness (QED) is 0.708. The zero-order chi connectivity index (χ0) is 16.5. The Balaban J connectivity index is 2.31. The van der Waals surface area contributed by atoms with Gasteiger partial charge in [0.25, 0.3) is 0 Å². The molecular formula is C12H17NO7S2. The third-order valence-corrected chi connectivity index (χ3v) is 6.54. The Bertz CT molecular complexity index is 758. The lowest BCUT2D eigenvalue weighted by Gasteiger charge is -2.17. The Kier molecular flexibility index (Phi) is 4.66. The van der Waals surface area contributed by atoms with E-state index in [2.05, 4.69) is 4.72 Å². The fourth-order valence-corrected chi connectivity index (χ4v) is 5.47. The molecule has 22 heavy (non-hydrogen) atoms. The summed E-state index contributed by atoms with van der Waals surface area (Å²) in [6.45, 7) is 0. The molecule has 0 spiro atoms. The first-order valence-electron chi connectivity index (χ1n) is 6.31. The number of sulfone groups is 1. The van der Waals surface area contributed by atoms with E-state index in [9.17, 15) is 21.9 Å². The monoisotopic (exact) mass is 351 g/mol. The lowest BCUT2D eigenvalue weighted by Crippen LogP contribution is -2.42. The van der Waals surface area contributed by atoms with Crippen molar-refractivity contribution in [3.05, 3.63) is 18.2 Å². The van der Waals surface area contributed by atoms with E-state index in [-0.39, 0.29) is 10.6 Å². The van der Waals surface area contributed by atoms with Crippen molar-refractivity contribution in [3.8, 4) is 11.5 Å². The van der Waals surface area contributed by atoms with E-state index in [4.69, 9.17) is 9.47 Å². The van der Waals surface area contributed by atoms with E-state index < -0.39 is 43.5 Å². The molecule has 1 heterocycles. The number of aliphatic hydroxyl groups is 1. The second-order valence-corrected chi connectivity index (χ2v) is 8.73. The highest BCUT2D eigenvalue weighted by Crippen LogP contribution is 2.29. The molecule has 1 aliphatic rings. The van der Waals surface area contributed by atoms with Crippen LogP contribution in [0.1, 0.15) is 0 Å². The molecule has 0 bridgehead atoms. The molecule has 0 amide bonds. The van der Waals surface area contributed by atoms with Crippen molar-refractivity contribution in [3.63, 3.8) is 0 Å². The minimum Gasteiger partial charge on any atom is -0.497 e. The molecule has 0 radical (unpaired) electrons. The lowest BCUT2D eigenvalue weighted by atomic mass is 10.2. The zero-order valence-electron chi connectivity index (χ0n) is 12.0. The summed E-state index contributed by atoms with van der Waals surface area (Å²) < 4.78 is 59.9. The van der Waals surface area contributed by atoms with Crippen LogP contribution in [0.2, 0.25) is 0 Å². The standard InChI is InChI=1S/C12H17NO7S2/c1-19-8-3-4-12(11(5-8)20-2)22(17,18)13-9-6-21(15,16)7-10(9)14/h3-5,9-10,13-14H,6-7H2,1-2H3/t9-,10+/m1/s1. The fourth-order valence-electron chi connectivity index (χ4n) is 2.20. The smallest absolute Gasteiger partial charge is 0.244 e. The number of ether oxygens (including phenoxy) is 2. The van der Waals surface area contributed by atoms with Gasteiger partial charge in [-0.05, 0) is 12.1 Å². The van der Waals surface area contributed by atoms with Crippen LogP contribution in [0, 0.1) is 0 Å². The van der Waals surface area contributed by atoms with E-state index in [1.165, 1.54) is 32.4 Å². The molecule has 10 heteroatoms. The molecule has 0 saturated carbocycles. The number of nitrogens with one attached hydrogen (secondary N) is 1. The van der Waals surface area contributed by atoms with E-state index in [1.807, 2.05) is 0 Å². The van der Waals surface area contributed by atoms with Crippen molar-refractivity contribution >= 4 is 19.9 Å². The van der Waals surface area contributed by atoms with Gasteiger partial charge in [-0.15, -0.1) is 0 Å². The van der Waals surface area contributed by atoms with Gasteiger partial charge in [0, 0.05) is 6.07 Å². The largest absolute Gasteiger partial charge is 0.497 e. The third-order valence-electron chi connectivity index (χ3n) is 3.29. The van der Waals surface area contributed by atoms with Gasteiger partial charge in [-0.25, -0.2) is 21.6 Å². The molecule has 0 aromatic heterocycles. The summed E-state index contributed by atoms with van der Waals surface area (Å²) in [5.41, 5.74) is 0. The maximum atomic E-state index is 12.4. The molecule has 124 valence electrons. The number of rotatable bonds is 5. The van der Waals surface area contributed by atoms with Crippen LogP contribution >= 0.6 is 0 Å². The van der Waals surface area contributed by atoms with Gasteiger partial charge in [-0.1, -0.05) is 0 Å². The lowest BCUT2D eigenvalue weighted by molar-refractivity contribution is 0.176. The molecule has 2 rings (SSSR count). The van der Waals surface area contributed by atoms with E-state index in [1.54, 1.807) is 0 Å². The van der Waals surface area contributed by atoms with Crippen LogP contribution in [-0.2, 0) is 19.9 Å². The SMILES string of the molecule is COc1ccc(S(=O)(=O)N[C@@H]2CS(=O)(=O)C[C@@H]2O)c(OC)c1. The van der Waals surface area contributed by atoms with Gasteiger partial charge in [0.1, 0.15) is 16.4 Å². The van der Waals surface area contributed by atoms with Crippen molar-refractivity contribution in [2.75, 3.05) is 25.7 Å². The highest BCUT2D eigenvalue weighted by atomic mass is 32.2. The van der Waals surface area contributed by atoms with Crippen molar-refractivity contribution in [1.82, 2.24) is 4.72 Å². The summed E-state index contributed by atoms with van der Waals surface area (Å²) in [6.07, 6.45) is -1.27. The highest BCUT2D eigenvalue weighted by molar-refractivity contribution is 7.92. The van der Waals surface area contributed by atoms with E-state index in [0.717, 1.165) is 0 Å². The molecule has 1 aromatic rings. The number of hydrogen-bond donors (Lipinski definition) is 2. The third kappa shape index (κ3) is 3.51. The second kappa shape index (κ2) is 6.03. The molecule has 1 fully saturated rings. The summed E-state index contributed by atoms with van der Waals surface area (Å²) in [7, 11) is -4.76. The molecule has 0 unspecified atom stereocenters. The molecular weight excluding hydrogens is 334 g/mol. The zero-order valence-corrected chi connectivity index (χ0v) is 13.6. The average molecular weight is 351 g/mol. The Morgan fingerprint density at radius 1 is 1.23 bits per heavy atom. The van der Waals surface area contributed by atoms with Gasteiger partial charge in [-0.2, -0.15) is 0 Å². The summed E-state index contributed by atoms with van der Waals surface area (Å²) >= 11 is 0. The number of aliphatic hydroxyl groups excluding tert-OH is 1. The van der Waals surface area contributed by atoms with Crippen molar-refractivity contribution in [2.45, 2.75) is 17.0 Å². The normalized spacial score (nSPS) is 24.1. The van der Waals surface area contributed by atoms with Crippen LogP contribution in [0.3, 0.4) is 0 Å². The molecule has 0 aliphatic carbocycles. The van der Waals surface area contributed by atoms with Gasteiger partial charge in [-0.3, -0.25) is 0 Å². The van der Waals surface area contributed by atoms with Crippen LogP contribution in [0.15, 0.2) is 23.1 Å². The van der Waals surface area contributed by atoms with Crippen LogP contribution in [0.25, 0.3) is 0 Å². The Labute approximate surface area is 129 Å². The average Bonchev–Trinajstić information content (AvgIpc) is 2.69. The first-order valence-corrected chi connectivity index (χ1v) is 9.62. The molecule has 1 aliphatic heterocycles. The maximum absolute atomic E-state index is 12.4. The predicted octanol–water partition coefficient (Wildman–Crippen LogP) is -0.860. The van der Waals surface area contributed by atoms with Gasteiger partial charge in [0.05, 0.1) is 37.9 Å². The molecule has 1 saturated heterocycles. The van der Waals surface area contributed by atoms with Crippen LogP contribution in [-0.4, -0.2) is 59.8 Å². The Morgan fingerprint density at radius 3 is 2.41 bits per heavy atom. The topological polar surface area (TPSA) is 119 Å². The Hall–Kier alpha value is -1.36. The number of hydrogen-bond acceptors (Lipinski definition) is 7. The predicted molar refractivity (Wildman–Crippen MR) is 78.3 cm³/mol. The summed E-state index contributed by atoms with van der Waals surface area (Å²) in [4.78, 5) is -0.160. The first kappa shape index (κ1) is 17.0. The minimum absolute atomic E-state index is 0.0576. The van der Waals surface area contributed by atoms with E-state index >= 15 is 0 Å². The highest BCUT2D eigenvalue weighted by Gasteiger charge is 2.39. The summed E-state index contributed by atoms with van der Waals surface area (Å²) in [6, 6.07) is 3.05. The van der Waals surface area contributed by atoms with Crippen LogP contribution in [0.5, 0.6) is 11.5 Å². The van der Waals surface area contributed by atoms with Crippen LogP contribution < -0.4 is 14.2 Å². The first-order chi connectivity index (χ1) is 10.2. The second-order valence-electron chi connectivity index (χ2n) is 4.89. The van der Waals surface area contributed by atoms with Crippen molar-refractivity contribution in [1.29, 1.82) is 0 Å². The van der Waals surface area contributed by atoms with Crippen molar-refractivity contribution < 1.29 is 31.4 Å². The van der Waals surface area contributed by atoms with Gasteiger partial charge in [0.2, 0.25) is 10.0 Å². The van der Waals surface area contributed by atoms with Gasteiger partial charge in [0.15, 0.2) is 9.84 Å². The minimum atomic E-state index is -4.05. The van der Waals surface area contributed by atoms with Crippen molar-refractivity contribution in [2.24, 2.45) is 0 Å². The molecule has 8 nitrogen and oxygen atoms in total. The summed E-state index contributed by atoms with van der Waals surface area (Å²) in [5, 5.41) is 9.69.